The van der Waals surface area contributed by atoms with Gasteiger partial charge in [0.05, 0.1) is 4.90 Å². The highest BCUT2D eigenvalue weighted by Gasteiger charge is 2.27. The van der Waals surface area contributed by atoms with Crippen LogP contribution in [0.1, 0.15) is 30.1 Å². The number of benzene rings is 1. The Kier molecular flexibility index (Phi) is 5.20. The number of hydrogen-bond donors (Lipinski definition) is 3. The lowest BCUT2D eigenvalue weighted by Crippen LogP contribution is -2.42. The highest BCUT2D eigenvalue weighted by molar-refractivity contribution is 7.89. The molecule has 7 heteroatoms. The second-order valence-corrected chi connectivity index (χ2v) is 7.86. The molecule has 1 aromatic carbocycles. The van der Waals surface area contributed by atoms with Crippen molar-refractivity contribution in [1.82, 2.24) is 15.4 Å². The van der Waals surface area contributed by atoms with E-state index >= 15 is 0 Å². The molecule has 3 N–H and O–H groups in total. The van der Waals surface area contributed by atoms with Crippen LogP contribution in [0.3, 0.4) is 0 Å². The summed E-state index contributed by atoms with van der Waals surface area (Å²) >= 11 is 0. The van der Waals surface area contributed by atoms with E-state index in [1.807, 2.05) is 0 Å². The van der Waals surface area contributed by atoms with Crippen molar-refractivity contribution in [3.8, 4) is 0 Å². The Labute approximate surface area is 131 Å². The Hall–Kier alpha value is -1.44. The highest BCUT2D eigenvalue weighted by atomic mass is 32.2. The first kappa shape index (κ1) is 16.9. The summed E-state index contributed by atoms with van der Waals surface area (Å²) < 4.78 is 25.5. The first-order valence-electron chi connectivity index (χ1n) is 7.39. The van der Waals surface area contributed by atoms with Crippen molar-refractivity contribution in [2.45, 2.75) is 24.7 Å². The third-order valence-electron chi connectivity index (χ3n) is 4.18. The molecule has 0 radical (unpaired) electrons. The largest absolute Gasteiger partial charge is 0.351 e. The number of piperidine rings is 1. The van der Waals surface area contributed by atoms with Crippen molar-refractivity contribution in [3.05, 3.63) is 29.8 Å². The zero-order valence-electron chi connectivity index (χ0n) is 13.0. The second kappa shape index (κ2) is 6.76. The Morgan fingerprint density at radius 2 is 1.82 bits per heavy atom. The van der Waals surface area contributed by atoms with Gasteiger partial charge in [-0.25, -0.2) is 13.1 Å². The molecule has 0 spiro atoms. The van der Waals surface area contributed by atoms with Crippen LogP contribution in [0.4, 0.5) is 0 Å². The molecule has 0 saturated carbocycles. The maximum atomic E-state index is 12.2. The van der Waals surface area contributed by atoms with E-state index in [0.29, 0.717) is 12.1 Å². The van der Waals surface area contributed by atoms with Crippen LogP contribution in [0.2, 0.25) is 0 Å². The van der Waals surface area contributed by atoms with Gasteiger partial charge in [-0.05, 0) is 62.7 Å². The monoisotopic (exact) mass is 325 g/mol. The van der Waals surface area contributed by atoms with Gasteiger partial charge in [0.25, 0.3) is 5.91 Å². The minimum Gasteiger partial charge on any atom is -0.351 e. The number of hydrogen-bond acceptors (Lipinski definition) is 4. The van der Waals surface area contributed by atoms with Crippen LogP contribution in [0.5, 0.6) is 0 Å². The fourth-order valence-electron chi connectivity index (χ4n) is 2.51. The van der Waals surface area contributed by atoms with E-state index in [2.05, 4.69) is 22.3 Å². The van der Waals surface area contributed by atoms with Crippen LogP contribution in [-0.2, 0) is 10.0 Å². The van der Waals surface area contributed by atoms with Gasteiger partial charge in [-0.1, -0.05) is 6.92 Å². The topological polar surface area (TPSA) is 87.3 Å². The van der Waals surface area contributed by atoms with Crippen molar-refractivity contribution in [1.29, 1.82) is 0 Å². The van der Waals surface area contributed by atoms with Crippen LogP contribution < -0.4 is 15.4 Å². The van der Waals surface area contributed by atoms with E-state index in [9.17, 15) is 13.2 Å². The standard InChI is InChI=1S/C15H23N3O3S/c1-15(7-9-17-10-8-15)11-18-14(19)12-3-5-13(6-4-12)22(20,21)16-2/h3-6,16-17H,7-11H2,1-2H3,(H,18,19). The van der Waals surface area contributed by atoms with Gasteiger partial charge in [-0.3, -0.25) is 4.79 Å². The number of rotatable bonds is 5. The van der Waals surface area contributed by atoms with E-state index < -0.39 is 10.0 Å². The number of carbonyl (C=O) groups excluding carboxylic acids is 1. The number of nitrogens with one attached hydrogen (secondary N) is 3. The molecular formula is C15H23N3O3S. The lowest BCUT2D eigenvalue weighted by atomic mass is 9.81. The quantitative estimate of drug-likeness (QED) is 0.744. The zero-order valence-corrected chi connectivity index (χ0v) is 13.8. The summed E-state index contributed by atoms with van der Waals surface area (Å²) in [7, 11) is -2.11. The van der Waals surface area contributed by atoms with Gasteiger partial charge in [-0.2, -0.15) is 0 Å². The molecular weight excluding hydrogens is 302 g/mol. The molecule has 0 aromatic heterocycles. The lowest BCUT2D eigenvalue weighted by Gasteiger charge is -2.34. The minimum absolute atomic E-state index is 0.121. The molecule has 1 aliphatic rings. The smallest absolute Gasteiger partial charge is 0.251 e. The molecule has 0 atom stereocenters. The Morgan fingerprint density at radius 3 is 2.36 bits per heavy atom. The van der Waals surface area contributed by atoms with E-state index in [-0.39, 0.29) is 16.2 Å². The van der Waals surface area contributed by atoms with Gasteiger partial charge in [0, 0.05) is 12.1 Å². The molecule has 0 aliphatic carbocycles. The van der Waals surface area contributed by atoms with E-state index in [0.717, 1.165) is 25.9 Å². The SMILES string of the molecule is CNS(=O)(=O)c1ccc(C(=O)NCC2(C)CCNCC2)cc1. The van der Waals surface area contributed by atoms with Gasteiger partial charge < -0.3 is 10.6 Å². The van der Waals surface area contributed by atoms with E-state index in [4.69, 9.17) is 0 Å². The average molecular weight is 325 g/mol. The summed E-state index contributed by atoms with van der Waals surface area (Å²) in [6, 6.07) is 5.94. The molecule has 6 nitrogen and oxygen atoms in total. The predicted octanol–water partition coefficient (Wildman–Crippen LogP) is 0.714. The summed E-state index contributed by atoms with van der Waals surface area (Å²) in [5.74, 6) is -0.173. The van der Waals surface area contributed by atoms with Crippen LogP contribution in [-0.4, -0.2) is 41.0 Å². The van der Waals surface area contributed by atoms with Gasteiger partial charge in [0.15, 0.2) is 0 Å². The number of amides is 1. The summed E-state index contributed by atoms with van der Waals surface area (Å²) in [6.45, 7) is 4.76. The number of sulfonamides is 1. The molecule has 22 heavy (non-hydrogen) atoms. The molecule has 1 fully saturated rings. The fourth-order valence-corrected chi connectivity index (χ4v) is 3.24. The third kappa shape index (κ3) is 4.06. The van der Waals surface area contributed by atoms with E-state index in [1.54, 1.807) is 0 Å². The third-order valence-corrected chi connectivity index (χ3v) is 5.61. The molecule has 1 amide bonds. The van der Waals surface area contributed by atoms with Crippen molar-refractivity contribution < 1.29 is 13.2 Å². The maximum absolute atomic E-state index is 12.2. The zero-order chi connectivity index (χ0) is 16.2. The first-order chi connectivity index (χ1) is 10.4. The Bertz CT molecular complexity index is 620. The number of carbonyl (C=O) groups is 1. The molecule has 1 heterocycles. The predicted molar refractivity (Wildman–Crippen MR) is 85.2 cm³/mol. The van der Waals surface area contributed by atoms with Crippen LogP contribution in [0.15, 0.2) is 29.2 Å². The fraction of sp³-hybridized carbons (Fsp3) is 0.533. The molecule has 1 aliphatic heterocycles. The highest BCUT2D eigenvalue weighted by Crippen LogP contribution is 2.26. The molecule has 1 aromatic rings. The van der Waals surface area contributed by atoms with Gasteiger partial charge in [0.2, 0.25) is 10.0 Å². The Balaban J connectivity index is 1.98. The van der Waals surface area contributed by atoms with E-state index in [1.165, 1.54) is 31.3 Å². The van der Waals surface area contributed by atoms with Crippen molar-refractivity contribution >= 4 is 15.9 Å². The summed E-state index contributed by atoms with van der Waals surface area (Å²) in [6.07, 6.45) is 2.07. The van der Waals surface area contributed by atoms with Gasteiger partial charge in [0.1, 0.15) is 0 Å². The van der Waals surface area contributed by atoms with Crippen molar-refractivity contribution in [3.63, 3.8) is 0 Å². The molecule has 2 rings (SSSR count). The van der Waals surface area contributed by atoms with Crippen LogP contribution in [0.25, 0.3) is 0 Å². The molecule has 0 bridgehead atoms. The summed E-state index contributed by atoms with van der Waals surface area (Å²) in [4.78, 5) is 12.3. The molecule has 122 valence electrons. The van der Waals surface area contributed by atoms with Crippen LogP contribution in [0, 0.1) is 5.41 Å². The summed E-state index contributed by atoms with van der Waals surface area (Å²) in [5, 5.41) is 6.26. The molecule has 0 unspecified atom stereocenters. The van der Waals surface area contributed by atoms with Crippen molar-refractivity contribution in [2.24, 2.45) is 5.41 Å². The second-order valence-electron chi connectivity index (χ2n) is 5.98. The van der Waals surface area contributed by atoms with Gasteiger partial charge in [-0.15, -0.1) is 0 Å². The normalized spacial score (nSPS) is 17.9. The average Bonchev–Trinajstić information content (AvgIpc) is 2.53. The Morgan fingerprint density at radius 1 is 1.23 bits per heavy atom. The van der Waals surface area contributed by atoms with Gasteiger partial charge >= 0.3 is 0 Å². The van der Waals surface area contributed by atoms with Crippen molar-refractivity contribution in [2.75, 3.05) is 26.7 Å². The lowest BCUT2D eigenvalue weighted by molar-refractivity contribution is 0.0922. The molecule has 1 saturated heterocycles. The maximum Gasteiger partial charge on any atom is 0.251 e. The minimum atomic E-state index is -3.47. The summed E-state index contributed by atoms with van der Waals surface area (Å²) in [5.41, 5.74) is 0.587. The first-order valence-corrected chi connectivity index (χ1v) is 8.87. The van der Waals surface area contributed by atoms with Crippen LogP contribution >= 0.6 is 0 Å².